The molecule has 0 radical (unpaired) electrons. The molecule has 14 heterocycles. The molecule has 8 aliphatic rings. The van der Waals surface area contributed by atoms with Crippen molar-refractivity contribution in [2.75, 3.05) is 205 Å². The van der Waals surface area contributed by atoms with Crippen LogP contribution in [-0.2, 0) is 66.3 Å². The average molecular weight is 2180 g/mol. The average Bonchev–Trinajstić information content (AvgIpc) is 1.45. The second-order valence-corrected chi connectivity index (χ2v) is 45.1. The van der Waals surface area contributed by atoms with Gasteiger partial charge in [-0.2, -0.15) is 29.9 Å². The van der Waals surface area contributed by atoms with E-state index < -0.39 is 0 Å². The second-order valence-electron chi connectivity index (χ2n) is 36.8. The standard InChI is InChI=1S/6C14H23N3O3S.C14H25N3O2S/c1-9(2)15-11-5-6-17(14(18)16-11)12-8-21-13(20-12)7-19-10(3)4;1-5-19-8-12-20-11(9-21-12)17-7-6-10(15-13(17)18)16-14(2,3)4;1-4-19-8-13-20-12(9-21-13)17-6-5-11(16-14(17)18)15-7-10(2)3;1-4-15-11-5-6-17(14(18)16-11)12-9-21-13(20-12)8-19-7-10(2)3;1-3-6-15-11-5-7-17(14(18)16-11)12-10-21-13(20-12)9-19-8-4-2;1-3-5-7-15-11-6-8-17(14(18)16-11)12-10-21-13(20-12)9-19-4-2;1-4-5-7-16(2)12-6-8-17(11-15-12)13-10-20-14(19-13)9-18-3/h5-6,9-10,12-13H,7-8H2,1-4H3,(H,15,16,18);6-7,11-12H,5,8-9H2,1-4H3,(H,15,16,18);2*5-6,10,12-13H,4,7-9H2,1-3H3,(H,15,16,18);5,7,12-13H,3-4,6,8-10H2,1-2H3,(H,15,16,18);6,8,12-13H,3-5,7,9-10H2,1-2H3,(H,15,16,18);6,8,13-14H,4-5,7,9-11H2,1-3H3/t12-,13+;11-,12+;4*12-,13+;13-,14+/m1111111/s1. The number of ether oxygens (including phenoxy) is 14. The number of anilines is 6. The molecule has 8 aliphatic heterocycles. The lowest BCUT2D eigenvalue weighted by atomic mass is 10.1. The summed E-state index contributed by atoms with van der Waals surface area (Å²) in [6.45, 7) is 51.1. The van der Waals surface area contributed by atoms with Crippen molar-refractivity contribution in [2.24, 2.45) is 16.8 Å². The van der Waals surface area contributed by atoms with Crippen LogP contribution >= 0.6 is 82.3 Å². The number of likely N-dealkylation sites (N-methyl/N-ethyl adjacent to an activating group) is 1. The Bertz CT molecular complexity index is 5140. The van der Waals surface area contributed by atoms with E-state index in [9.17, 15) is 28.8 Å². The Hall–Kier alpha value is -7.02. The molecule has 14 rings (SSSR count). The van der Waals surface area contributed by atoms with Crippen molar-refractivity contribution in [3.8, 4) is 0 Å². The van der Waals surface area contributed by atoms with Crippen molar-refractivity contribution in [2.45, 2.75) is 269 Å². The Balaban J connectivity index is 0.000000208. The number of aliphatic imine (C=N–C) groups is 1. The van der Waals surface area contributed by atoms with Gasteiger partial charge in [-0.1, -0.05) is 68.2 Å². The van der Waals surface area contributed by atoms with Crippen LogP contribution < -0.4 is 66.0 Å². The highest BCUT2D eigenvalue weighted by Crippen LogP contribution is 2.38. The molecule has 0 aromatic carbocycles. The first-order valence-electron chi connectivity index (χ1n) is 50.9. The van der Waals surface area contributed by atoms with Crippen LogP contribution in [0.3, 0.4) is 0 Å². The largest absolute Gasteiger partial charge is 0.381 e. The van der Waals surface area contributed by atoms with Gasteiger partial charge in [-0.15, -0.1) is 82.3 Å². The summed E-state index contributed by atoms with van der Waals surface area (Å²) < 4.78 is 87.9. The molecule has 6 N–H and O–H groups in total. The molecule has 7 saturated heterocycles. The van der Waals surface area contributed by atoms with E-state index in [0.29, 0.717) is 119 Å². The van der Waals surface area contributed by atoms with Crippen molar-refractivity contribution < 1.29 is 66.3 Å². The van der Waals surface area contributed by atoms with E-state index in [2.05, 4.69) is 151 Å². The number of unbranched alkanes of at least 4 members (excludes halogenated alkanes) is 2. The normalized spacial score (nSPS) is 22.5. The predicted octanol–water partition coefficient (Wildman–Crippen LogP) is 14.2. The maximum atomic E-state index is 12.1. The van der Waals surface area contributed by atoms with Gasteiger partial charge in [-0.05, 0) is 156 Å². The highest BCUT2D eigenvalue weighted by Gasteiger charge is 2.36. The molecule has 0 spiro atoms. The molecule has 6 aromatic rings. The molecule has 822 valence electrons. The lowest BCUT2D eigenvalue weighted by Gasteiger charge is -2.29. The summed E-state index contributed by atoms with van der Waals surface area (Å²) in [7, 11) is 3.81. The zero-order valence-electron chi connectivity index (χ0n) is 89.1. The number of nitrogens with zero attached hydrogens (tertiary/aromatic N) is 15. The van der Waals surface area contributed by atoms with Gasteiger partial charge >= 0.3 is 34.1 Å². The Morgan fingerprint density at radius 1 is 0.411 bits per heavy atom. The van der Waals surface area contributed by atoms with E-state index in [1.165, 1.54) is 26.5 Å². The first-order valence-corrected chi connectivity index (χ1v) is 58.2. The van der Waals surface area contributed by atoms with Gasteiger partial charge in [0.2, 0.25) is 0 Å². The van der Waals surface area contributed by atoms with Gasteiger partial charge in [-0.3, -0.25) is 27.4 Å². The van der Waals surface area contributed by atoms with Gasteiger partial charge in [0, 0.05) is 175 Å². The Morgan fingerprint density at radius 2 is 0.767 bits per heavy atom. The summed E-state index contributed by atoms with van der Waals surface area (Å²) in [6, 6.07) is 11.1. The molecule has 0 unspecified atom stereocenters. The van der Waals surface area contributed by atoms with E-state index in [1.54, 1.807) is 159 Å². The number of hydrogen-bond acceptors (Lipinski definition) is 42. The van der Waals surface area contributed by atoms with Crippen molar-refractivity contribution in [3.05, 3.63) is 149 Å². The van der Waals surface area contributed by atoms with Crippen LogP contribution in [0.4, 0.5) is 34.9 Å². The van der Waals surface area contributed by atoms with Crippen LogP contribution in [-0.4, -0.2) is 308 Å². The maximum absolute atomic E-state index is 12.1. The van der Waals surface area contributed by atoms with Gasteiger partial charge in [0.05, 0.1) is 52.4 Å². The summed E-state index contributed by atoms with van der Waals surface area (Å²) in [5.74, 6) is 11.1. The van der Waals surface area contributed by atoms with E-state index in [-0.39, 0.29) is 133 Å². The van der Waals surface area contributed by atoms with Gasteiger partial charge in [0.1, 0.15) is 129 Å². The summed E-state index contributed by atoms with van der Waals surface area (Å²) in [6.07, 6.45) is 19.9. The molecule has 0 bridgehead atoms. The lowest BCUT2D eigenvalue weighted by molar-refractivity contribution is -0.0414. The minimum absolute atomic E-state index is 0.00802. The second kappa shape index (κ2) is 68.1. The smallest absolute Gasteiger partial charge is 0.351 e. The van der Waals surface area contributed by atoms with Crippen molar-refractivity contribution in [1.29, 1.82) is 0 Å². The number of aromatic nitrogens is 12. The number of nitrogens with one attached hydrogen (secondary N) is 6. The van der Waals surface area contributed by atoms with Crippen LogP contribution in [0.25, 0.3) is 0 Å². The Labute approximate surface area is 890 Å². The minimum Gasteiger partial charge on any atom is -0.381 e. The zero-order valence-corrected chi connectivity index (χ0v) is 94.8. The van der Waals surface area contributed by atoms with Gasteiger partial charge in [-0.25, -0.2) is 33.8 Å². The summed E-state index contributed by atoms with van der Waals surface area (Å²) in [5, 5.41) is 18.7. The van der Waals surface area contributed by atoms with E-state index >= 15 is 0 Å². The SMILES string of the molecule is CC(C)Nc1ccn([C@H]2CS[C@@H](COC(C)C)O2)c(=O)n1.CCCCN(C)C1=NCN([C@H]2CS[C@@H](COC)O2)C=C1.CCCCNc1ccn([C@H]2CS[C@@H](COCC)O2)c(=O)n1.CCCNc1ccn([C@H]2CS[C@@H](COCCC)O2)c(=O)n1.CCNc1ccn([C@H]2CS[C@@H](COCC(C)C)O2)c(=O)n1.CCOC[C@H]1O[C@@H](n2ccc(NC(C)(C)C)nc2=O)CS1.CCOC[C@H]1O[C@@H](n2ccc(NCC(C)C)nc2=O)CS1. The Kier molecular flexibility index (Phi) is 57.9. The van der Waals surface area contributed by atoms with Crippen LogP contribution in [0.2, 0.25) is 0 Å². The quantitative estimate of drug-likeness (QED) is 0.0193. The first-order chi connectivity index (χ1) is 70.3. The van der Waals surface area contributed by atoms with Crippen LogP contribution in [0.1, 0.15) is 207 Å². The fraction of sp³-hybridized carbons (Fsp3) is 0.724. The molecule has 0 amide bonds. The molecule has 7 fully saturated rings. The molecule has 0 saturated carbocycles. The molecule has 6 aromatic heterocycles. The number of hydrogen-bond donors (Lipinski definition) is 6. The zero-order chi connectivity index (χ0) is 106. The number of rotatable bonds is 47. The van der Waals surface area contributed by atoms with Gasteiger partial charge in [0.15, 0.2) is 0 Å². The number of methoxy groups -OCH3 is 1. The van der Waals surface area contributed by atoms with Gasteiger partial charge in [0.25, 0.3) is 0 Å². The molecule has 0 aliphatic carbocycles. The summed E-state index contributed by atoms with van der Waals surface area (Å²) >= 11 is 11.8. The Morgan fingerprint density at radius 3 is 1.12 bits per heavy atom. The molecule has 41 nitrogen and oxygen atoms in total. The van der Waals surface area contributed by atoms with E-state index in [1.807, 2.05) is 94.4 Å². The fourth-order valence-electron chi connectivity index (χ4n) is 14.1. The monoisotopic (exact) mass is 2180 g/mol. The highest BCUT2D eigenvalue weighted by molar-refractivity contribution is 8.01. The maximum Gasteiger partial charge on any atom is 0.351 e. The van der Waals surface area contributed by atoms with Crippen LogP contribution in [0.15, 0.2) is 120 Å². The van der Waals surface area contributed by atoms with Gasteiger partial charge < -0.3 is 108 Å². The molecular weight excluding hydrogens is 2020 g/mol. The topological polar surface area (TPSA) is 430 Å². The van der Waals surface area contributed by atoms with Crippen molar-refractivity contribution in [3.63, 3.8) is 0 Å². The number of thioether (sulfide) groups is 7. The summed E-state index contributed by atoms with van der Waals surface area (Å²) in [4.78, 5) is 106. The predicted molar refractivity (Wildman–Crippen MR) is 592 cm³/mol. The molecule has 146 heavy (non-hydrogen) atoms. The molecule has 48 heteroatoms. The first kappa shape index (κ1) is 124. The third kappa shape index (κ3) is 45.1. The molecular formula is C98H163N21O20S7. The van der Waals surface area contributed by atoms with E-state index in [0.717, 1.165) is 118 Å². The minimum atomic E-state index is -0.299. The van der Waals surface area contributed by atoms with E-state index in [4.69, 9.17) is 66.3 Å². The van der Waals surface area contributed by atoms with Crippen molar-refractivity contribution in [1.82, 2.24) is 67.1 Å². The fourth-order valence-corrected chi connectivity index (χ4v) is 21.2. The number of amidine groups is 1. The molecule has 14 atom stereocenters. The summed E-state index contributed by atoms with van der Waals surface area (Å²) in [5.41, 5.74) is -1.81. The third-order valence-corrected chi connectivity index (χ3v) is 29.0. The van der Waals surface area contributed by atoms with Crippen LogP contribution in [0.5, 0.6) is 0 Å². The highest BCUT2D eigenvalue weighted by atomic mass is 32.2. The van der Waals surface area contributed by atoms with Crippen molar-refractivity contribution >= 4 is 123 Å². The third-order valence-electron chi connectivity index (χ3n) is 21.3. The lowest BCUT2D eigenvalue weighted by Crippen LogP contribution is -2.38. The van der Waals surface area contributed by atoms with Crippen LogP contribution in [0, 0.1) is 11.8 Å².